The minimum Gasteiger partial charge on any atom is -0.464 e. The molecule has 0 fully saturated rings. The highest BCUT2D eigenvalue weighted by Crippen LogP contribution is 2.31. The minimum absolute atomic E-state index is 0.311. The molecule has 0 saturated heterocycles. The number of aryl methyl sites for hydroxylation is 1. The molecule has 0 bridgehead atoms. The summed E-state index contributed by atoms with van der Waals surface area (Å²) in [5.74, 6) is 0.112. The first-order chi connectivity index (χ1) is 9.95. The average molecular weight is 352 g/mol. The van der Waals surface area contributed by atoms with Crippen molar-refractivity contribution in [3.63, 3.8) is 0 Å². The van der Waals surface area contributed by atoms with Gasteiger partial charge in [0.2, 0.25) is 0 Å². The van der Waals surface area contributed by atoms with Crippen LogP contribution >= 0.6 is 15.9 Å². The van der Waals surface area contributed by atoms with E-state index in [0.29, 0.717) is 17.0 Å². The zero-order valence-electron chi connectivity index (χ0n) is 12.3. The molecule has 0 saturated carbocycles. The molecule has 1 aromatic carbocycles. The lowest BCUT2D eigenvalue weighted by molar-refractivity contribution is -0.149. The van der Waals surface area contributed by atoms with Crippen molar-refractivity contribution in [2.75, 3.05) is 11.9 Å². The molecule has 1 unspecified atom stereocenters. The molecule has 0 aliphatic rings. The second kappa shape index (κ2) is 6.35. The molecule has 1 N–H and O–H groups in total. The van der Waals surface area contributed by atoms with Crippen LogP contribution in [0.25, 0.3) is 0 Å². The van der Waals surface area contributed by atoms with Gasteiger partial charge in [-0.25, -0.2) is 4.79 Å². The molecule has 21 heavy (non-hydrogen) atoms. The summed E-state index contributed by atoms with van der Waals surface area (Å²) in [6.45, 7) is 5.85. The predicted molar refractivity (Wildman–Crippen MR) is 85.2 cm³/mol. The van der Waals surface area contributed by atoms with E-state index in [1.165, 1.54) is 0 Å². The van der Waals surface area contributed by atoms with Crippen molar-refractivity contribution in [3.05, 3.63) is 52.4 Å². The number of anilines is 1. The molecule has 0 aliphatic carbocycles. The number of carbonyl (C=O) groups excluding carboxylic acids is 1. The minimum atomic E-state index is -1.09. The summed E-state index contributed by atoms with van der Waals surface area (Å²) in [4.78, 5) is 12.4. The van der Waals surface area contributed by atoms with Gasteiger partial charge in [-0.1, -0.05) is 17.7 Å². The Labute approximate surface area is 132 Å². The van der Waals surface area contributed by atoms with Crippen molar-refractivity contribution in [1.82, 2.24) is 0 Å². The van der Waals surface area contributed by atoms with Gasteiger partial charge in [0, 0.05) is 5.69 Å². The van der Waals surface area contributed by atoms with Crippen LogP contribution in [0.5, 0.6) is 0 Å². The molecule has 1 atom stereocenters. The van der Waals surface area contributed by atoms with Crippen molar-refractivity contribution < 1.29 is 13.9 Å². The van der Waals surface area contributed by atoms with E-state index in [-0.39, 0.29) is 5.97 Å². The number of ether oxygens (including phenoxy) is 1. The van der Waals surface area contributed by atoms with E-state index in [1.54, 1.807) is 26.0 Å². The number of halogens is 1. The normalized spacial score (nSPS) is 13.5. The molecule has 1 heterocycles. The van der Waals surface area contributed by atoms with Crippen molar-refractivity contribution >= 4 is 27.6 Å². The zero-order chi connectivity index (χ0) is 15.5. The van der Waals surface area contributed by atoms with Crippen LogP contribution in [-0.4, -0.2) is 12.6 Å². The second-order valence-corrected chi connectivity index (χ2v) is 5.72. The quantitative estimate of drug-likeness (QED) is 0.818. The van der Waals surface area contributed by atoms with Crippen LogP contribution < -0.4 is 5.32 Å². The highest BCUT2D eigenvalue weighted by molar-refractivity contribution is 9.10. The standard InChI is InChI=1S/C16H18BrNO3/c1-4-20-15(19)16(3,13-9-10-14(17)21-13)18-12-7-5-11(2)6-8-12/h5-10,18H,4H2,1-3H3. The molecule has 0 amide bonds. The maximum absolute atomic E-state index is 12.4. The first-order valence-corrected chi connectivity index (χ1v) is 7.53. The Balaban J connectivity index is 2.36. The van der Waals surface area contributed by atoms with Crippen LogP contribution in [0.15, 0.2) is 45.5 Å². The predicted octanol–water partition coefficient (Wildman–Crippen LogP) is 4.24. The first kappa shape index (κ1) is 15.6. The van der Waals surface area contributed by atoms with Crippen LogP contribution in [0, 0.1) is 6.92 Å². The summed E-state index contributed by atoms with van der Waals surface area (Å²) >= 11 is 3.26. The number of hydrogen-bond acceptors (Lipinski definition) is 4. The van der Waals surface area contributed by atoms with Gasteiger partial charge < -0.3 is 14.5 Å². The lowest BCUT2D eigenvalue weighted by Crippen LogP contribution is -2.41. The number of rotatable bonds is 5. The van der Waals surface area contributed by atoms with Crippen LogP contribution in [0.2, 0.25) is 0 Å². The van der Waals surface area contributed by atoms with E-state index < -0.39 is 5.54 Å². The van der Waals surface area contributed by atoms with Crippen LogP contribution in [-0.2, 0) is 15.1 Å². The lowest BCUT2D eigenvalue weighted by atomic mass is 9.98. The molecule has 1 aromatic heterocycles. The molecular formula is C16H18BrNO3. The van der Waals surface area contributed by atoms with Gasteiger partial charge in [0.05, 0.1) is 6.61 Å². The van der Waals surface area contributed by atoms with E-state index in [2.05, 4.69) is 21.2 Å². The molecular weight excluding hydrogens is 334 g/mol. The summed E-state index contributed by atoms with van der Waals surface area (Å²) in [5.41, 5.74) is 0.889. The Hall–Kier alpha value is -1.75. The number of esters is 1. The molecule has 0 spiro atoms. The Morgan fingerprint density at radius 2 is 1.95 bits per heavy atom. The Morgan fingerprint density at radius 1 is 1.29 bits per heavy atom. The summed E-state index contributed by atoms with van der Waals surface area (Å²) in [7, 11) is 0. The van der Waals surface area contributed by atoms with E-state index in [4.69, 9.17) is 9.15 Å². The molecule has 2 aromatic rings. The summed E-state index contributed by atoms with van der Waals surface area (Å²) in [5, 5.41) is 3.21. The van der Waals surface area contributed by atoms with Crippen molar-refractivity contribution in [3.8, 4) is 0 Å². The van der Waals surface area contributed by atoms with Crippen LogP contribution in [0.1, 0.15) is 25.2 Å². The Bertz CT molecular complexity index is 621. The molecule has 2 rings (SSSR count). The van der Waals surface area contributed by atoms with Gasteiger partial charge >= 0.3 is 5.97 Å². The molecule has 112 valence electrons. The third-order valence-corrected chi connectivity index (χ3v) is 3.62. The van der Waals surface area contributed by atoms with Crippen molar-refractivity contribution in [2.24, 2.45) is 0 Å². The Kier molecular flexibility index (Phi) is 4.73. The van der Waals surface area contributed by atoms with Gasteiger partial charge in [-0.2, -0.15) is 0 Å². The molecule has 4 nitrogen and oxygen atoms in total. The second-order valence-electron chi connectivity index (χ2n) is 4.94. The number of benzene rings is 1. The maximum atomic E-state index is 12.4. The number of hydrogen-bond donors (Lipinski definition) is 1. The highest BCUT2D eigenvalue weighted by Gasteiger charge is 2.40. The van der Waals surface area contributed by atoms with Crippen molar-refractivity contribution in [2.45, 2.75) is 26.3 Å². The van der Waals surface area contributed by atoms with Gasteiger partial charge in [0.1, 0.15) is 5.76 Å². The summed E-state index contributed by atoms with van der Waals surface area (Å²) < 4.78 is 11.3. The van der Waals surface area contributed by atoms with Gasteiger partial charge in [-0.3, -0.25) is 0 Å². The van der Waals surface area contributed by atoms with Gasteiger partial charge in [0.15, 0.2) is 10.2 Å². The summed E-state index contributed by atoms with van der Waals surface area (Å²) in [6, 6.07) is 11.3. The smallest absolute Gasteiger partial charge is 0.339 e. The van der Waals surface area contributed by atoms with Crippen molar-refractivity contribution in [1.29, 1.82) is 0 Å². The average Bonchev–Trinajstić information content (AvgIpc) is 2.89. The number of furan rings is 1. The number of nitrogens with one attached hydrogen (secondary N) is 1. The first-order valence-electron chi connectivity index (χ1n) is 6.73. The van der Waals surface area contributed by atoms with Gasteiger partial charge in [-0.15, -0.1) is 0 Å². The fraction of sp³-hybridized carbons (Fsp3) is 0.312. The van der Waals surface area contributed by atoms with E-state index in [0.717, 1.165) is 11.3 Å². The van der Waals surface area contributed by atoms with E-state index >= 15 is 0 Å². The topological polar surface area (TPSA) is 51.5 Å². The summed E-state index contributed by atoms with van der Waals surface area (Å²) in [6.07, 6.45) is 0. The Morgan fingerprint density at radius 3 is 2.48 bits per heavy atom. The van der Waals surface area contributed by atoms with E-state index in [1.807, 2.05) is 31.2 Å². The van der Waals surface area contributed by atoms with Gasteiger partial charge in [0.25, 0.3) is 0 Å². The maximum Gasteiger partial charge on any atom is 0.339 e. The lowest BCUT2D eigenvalue weighted by Gasteiger charge is -2.27. The highest BCUT2D eigenvalue weighted by atomic mass is 79.9. The number of carbonyl (C=O) groups is 1. The van der Waals surface area contributed by atoms with Gasteiger partial charge in [-0.05, 0) is 61.0 Å². The molecule has 0 aliphatic heterocycles. The molecule has 5 heteroatoms. The zero-order valence-corrected chi connectivity index (χ0v) is 13.9. The third-order valence-electron chi connectivity index (χ3n) is 3.20. The fourth-order valence-electron chi connectivity index (χ4n) is 2.00. The van der Waals surface area contributed by atoms with E-state index in [9.17, 15) is 4.79 Å². The molecule has 0 radical (unpaired) electrons. The SMILES string of the molecule is CCOC(=O)C(C)(Nc1ccc(C)cc1)c1ccc(Br)o1. The largest absolute Gasteiger partial charge is 0.464 e. The van der Waals surface area contributed by atoms with Crippen LogP contribution in [0.3, 0.4) is 0 Å². The third kappa shape index (κ3) is 3.47. The monoisotopic (exact) mass is 351 g/mol. The van der Waals surface area contributed by atoms with Crippen LogP contribution in [0.4, 0.5) is 5.69 Å². The fourth-order valence-corrected chi connectivity index (χ4v) is 2.30.